The number of aromatic nitrogens is 2. The van der Waals surface area contributed by atoms with Crippen LogP contribution in [-0.2, 0) is 0 Å². The van der Waals surface area contributed by atoms with Gasteiger partial charge in [0.05, 0.1) is 0 Å². The Balaban J connectivity index is 2.59. The molecule has 5 nitrogen and oxygen atoms in total. The molecular weight excluding hydrogens is 258 g/mol. The SMILES string of the molecule is CC1C=CC(F)=CC1(F)C(=O)n1c(=O)cc[nH]c1=O. The number of carbonyl (C=O) groups excluding carboxylic acids is 1. The van der Waals surface area contributed by atoms with Gasteiger partial charge in [-0.15, -0.1) is 0 Å². The smallest absolute Gasteiger partial charge is 0.314 e. The molecule has 0 amide bonds. The molecule has 0 fully saturated rings. The summed E-state index contributed by atoms with van der Waals surface area (Å²) in [6, 6.07) is 0.909. The summed E-state index contributed by atoms with van der Waals surface area (Å²) in [5.41, 5.74) is -4.80. The van der Waals surface area contributed by atoms with Crippen LogP contribution in [0.4, 0.5) is 8.78 Å². The van der Waals surface area contributed by atoms with E-state index < -0.39 is 34.6 Å². The summed E-state index contributed by atoms with van der Waals surface area (Å²) in [5, 5.41) is 0. The van der Waals surface area contributed by atoms with Gasteiger partial charge in [-0.2, -0.15) is 4.57 Å². The van der Waals surface area contributed by atoms with Crippen LogP contribution in [0.3, 0.4) is 0 Å². The molecule has 1 aromatic rings. The molecule has 19 heavy (non-hydrogen) atoms. The maximum absolute atomic E-state index is 14.6. The van der Waals surface area contributed by atoms with Crippen LogP contribution in [0.15, 0.2) is 45.9 Å². The van der Waals surface area contributed by atoms with E-state index in [4.69, 9.17) is 0 Å². The van der Waals surface area contributed by atoms with Crippen molar-refractivity contribution in [3.63, 3.8) is 0 Å². The molecule has 7 heteroatoms. The zero-order chi connectivity index (χ0) is 14.2. The first-order valence-electron chi connectivity index (χ1n) is 5.47. The first-order valence-corrected chi connectivity index (χ1v) is 5.47. The fourth-order valence-electron chi connectivity index (χ4n) is 1.80. The highest BCUT2D eigenvalue weighted by atomic mass is 19.1. The van der Waals surface area contributed by atoms with E-state index in [0.717, 1.165) is 24.4 Å². The van der Waals surface area contributed by atoms with E-state index in [1.807, 2.05) is 0 Å². The molecule has 1 aromatic heterocycles. The van der Waals surface area contributed by atoms with Crippen molar-refractivity contribution < 1.29 is 13.6 Å². The van der Waals surface area contributed by atoms with Gasteiger partial charge in [0.2, 0.25) is 5.67 Å². The third-order valence-electron chi connectivity index (χ3n) is 2.94. The van der Waals surface area contributed by atoms with Crippen LogP contribution in [0.25, 0.3) is 0 Å². The Bertz CT molecular complexity index is 673. The number of carbonyl (C=O) groups is 1. The predicted octanol–water partition coefficient (Wildman–Crippen LogP) is 0.944. The number of hydrogen-bond acceptors (Lipinski definition) is 3. The molecule has 1 aliphatic carbocycles. The lowest BCUT2D eigenvalue weighted by atomic mass is 9.85. The van der Waals surface area contributed by atoms with Crippen LogP contribution >= 0.6 is 0 Å². The van der Waals surface area contributed by atoms with Crippen LogP contribution in [0, 0.1) is 5.92 Å². The molecule has 0 aliphatic heterocycles. The minimum Gasteiger partial charge on any atom is -0.314 e. The third-order valence-corrected chi connectivity index (χ3v) is 2.94. The molecular formula is C12H10F2N2O3. The van der Waals surface area contributed by atoms with Gasteiger partial charge < -0.3 is 4.98 Å². The molecule has 0 saturated carbocycles. The van der Waals surface area contributed by atoms with Crippen LogP contribution in [0.1, 0.15) is 11.7 Å². The lowest BCUT2D eigenvalue weighted by molar-refractivity contribution is 0.0595. The Hall–Kier alpha value is -2.31. The quantitative estimate of drug-likeness (QED) is 0.824. The number of H-pyrrole nitrogens is 1. The Kier molecular flexibility index (Phi) is 3.05. The van der Waals surface area contributed by atoms with Gasteiger partial charge in [-0.1, -0.05) is 13.0 Å². The average Bonchev–Trinajstić information content (AvgIpc) is 2.34. The van der Waals surface area contributed by atoms with Gasteiger partial charge in [-0.3, -0.25) is 9.59 Å². The van der Waals surface area contributed by atoms with Crippen molar-refractivity contribution in [1.29, 1.82) is 0 Å². The highest BCUT2D eigenvalue weighted by molar-refractivity contribution is 5.90. The number of allylic oxidation sites excluding steroid dienone is 4. The Morgan fingerprint density at radius 3 is 2.79 bits per heavy atom. The molecule has 0 bridgehead atoms. The molecule has 1 heterocycles. The van der Waals surface area contributed by atoms with E-state index in [2.05, 4.69) is 4.98 Å². The summed E-state index contributed by atoms with van der Waals surface area (Å²) in [6.45, 7) is 1.35. The molecule has 0 aromatic carbocycles. The maximum Gasteiger partial charge on any atom is 0.335 e. The number of aromatic amines is 1. The fourth-order valence-corrected chi connectivity index (χ4v) is 1.80. The molecule has 2 unspecified atom stereocenters. The number of hydrogen-bond donors (Lipinski definition) is 1. The lowest BCUT2D eigenvalue weighted by Crippen LogP contribution is -2.51. The van der Waals surface area contributed by atoms with Crippen molar-refractivity contribution in [3.8, 4) is 0 Å². The topological polar surface area (TPSA) is 71.9 Å². The minimum atomic E-state index is -2.77. The van der Waals surface area contributed by atoms with Gasteiger partial charge in [0.25, 0.3) is 11.5 Å². The minimum absolute atomic E-state index is 0.124. The van der Waals surface area contributed by atoms with Crippen molar-refractivity contribution in [1.82, 2.24) is 9.55 Å². The van der Waals surface area contributed by atoms with Gasteiger partial charge in [-0.05, 0) is 12.2 Å². The Morgan fingerprint density at radius 1 is 1.47 bits per heavy atom. The largest absolute Gasteiger partial charge is 0.335 e. The van der Waals surface area contributed by atoms with Crippen molar-refractivity contribution in [2.24, 2.45) is 5.92 Å². The van der Waals surface area contributed by atoms with Gasteiger partial charge in [-0.25, -0.2) is 13.6 Å². The highest BCUT2D eigenvalue weighted by Gasteiger charge is 2.45. The van der Waals surface area contributed by atoms with Gasteiger partial charge in [0, 0.05) is 18.2 Å². The van der Waals surface area contributed by atoms with E-state index in [0.29, 0.717) is 6.08 Å². The zero-order valence-electron chi connectivity index (χ0n) is 9.89. The molecule has 1 aliphatic rings. The van der Waals surface area contributed by atoms with E-state index in [1.165, 1.54) is 6.92 Å². The van der Waals surface area contributed by atoms with Crippen molar-refractivity contribution in [2.75, 3.05) is 0 Å². The number of rotatable bonds is 1. The maximum atomic E-state index is 14.6. The van der Waals surface area contributed by atoms with Crippen molar-refractivity contribution in [2.45, 2.75) is 12.6 Å². The van der Waals surface area contributed by atoms with Gasteiger partial charge >= 0.3 is 5.69 Å². The monoisotopic (exact) mass is 268 g/mol. The molecule has 0 saturated heterocycles. The van der Waals surface area contributed by atoms with Crippen molar-refractivity contribution >= 4 is 5.91 Å². The van der Waals surface area contributed by atoms with E-state index in [-0.39, 0.29) is 4.57 Å². The Labute approximate surface area is 105 Å². The standard InChI is InChI=1S/C12H10F2N2O3/c1-7-2-3-8(13)6-12(7,14)10(18)16-9(17)4-5-15-11(16)19/h2-7H,1H3,(H,15,19). The fraction of sp³-hybridized carbons (Fsp3) is 0.250. The second kappa shape index (κ2) is 4.42. The summed E-state index contributed by atoms with van der Waals surface area (Å²) in [5.74, 6) is -3.34. The van der Waals surface area contributed by atoms with E-state index in [9.17, 15) is 23.2 Å². The molecule has 100 valence electrons. The predicted molar refractivity (Wildman–Crippen MR) is 63.3 cm³/mol. The van der Waals surface area contributed by atoms with Crippen LogP contribution in [0.5, 0.6) is 0 Å². The molecule has 2 atom stereocenters. The van der Waals surface area contributed by atoms with Gasteiger partial charge in [0.1, 0.15) is 5.83 Å². The van der Waals surface area contributed by atoms with Gasteiger partial charge in [0.15, 0.2) is 0 Å². The average molecular weight is 268 g/mol. The summed E-state index contributed by atoms with van der Waals surface area (Å²) in [6.07, 6.45) is 3.70. The Morgan fingerprint density at radius 2 is 2.16 bits per heavy atom. The third kappa shape index (κ3) is 2.07. The molecule has 1 N–H and O–H groups in total. The highest BCUT2D eigenvalue weighted by Crippen LogP contribution is 2.32. The number of alkyl halides is 1. The first-order chi connectivity index (χ1) is 8.86. The summed E-state index contributed by atoms with van der Waals surface area (Å²) < 4.78 is 27.9. The number of nitrogens with one attached hydrogen (secondary N) is 1. The van der Waals surface area contributed by atoms with E-state index in [1.54, 1.807) is 0 Å². The van der Waals surface area contributed by atoms with E-state index >= 15 is 0 Å². The second-order valence-corrected chi connectivity index (χ2v) is 4.21. The lowest BCUT2D eigenvalue weighted by Gasteiger charge is -2.27. The molecule has 0 radical (unpaired) electrons. The zero-order valence-corrected chi connectivity index (χ0v) is 9.89. The number of nitrogens with zero attached hydrogens (tertiary/aromatic N) is 1. The second-order valence-electron chi connectivity index (χ2n) is 4.21. The molecule has 0 spiro atoms. The molecule has 2 rings (SSSR count). The normalized spacial score (nSPS) is 26.1. The summed E-state index contributed by atoms with van der Waals surface area (Å²) in [7, 11) is 0. The van der Waals surface area contributed by atoms with Crippen molar-refractivity contribution in [3.05, 3.63) is 57.2 Å². The van der Waals surface area contributed by atoms with Crippen LogP contribution in [-0.4, -0.2) is 21.1 Å². The summed E-state index contributed by atoms with van der Waals surface area (Å²) >= 11 is 0. The van der Waals surface area contributed by atoms with Crippen LogP contribution < -0.4 is 11.2 Å². The number of halogens is 2. The van der Waals surface area contributed by atoms with Crippen LogP contribution in [0.2, 0.25) is 0 Å². The summed E-state index contributed by atoms with van der Waals surface area (Å²) in [4.78, 5) is 37.1. The first kappa shape index (κ1) is 13.1.